The summed E-state index contributed by atoms with van der Waals surface area (Å²) in [5, 5.41) is 0. The molecule has 0 fully saturated rings. The van der Waals surface area contributed by atoms with Crippen molar-refractivity contribution < 1.29 is 0 Å². The first-order valence-corrected chi connectivity index (χ1v) is 7.36. The van der Waals surface area contributed by atoms with Crippen molar-refractivity contribution in [2.45, 2.75) is 20.4 Å². The molecule has 1 aliphatic heterocycles. The van der Waals surface area contributed by atoms with Gasteiger partial charge in [0.15, 0.2) is 0 Å². The fraction of sp³-hybridized carbons (Fsp3) is 0.353. The number of pyridine rings is 1. The van der Waals surface area contributed by atoms with Crippen molar-refractivity contribution >= 4 is 17.1 Å². The second-order valence-corrected chi connectivity index (χ2v) is 5.61. The maximum absolute atomic E-state index is 5.98. The third-order valence-electron chi connectivity index (χ3n) is 4.17. The summed E-state index contributed by atoms with van der Waals surface area (Å²) in [6, 6.07) is 10.7. The van der Waals surface area contributed by atoms with Gasteiger partial charge in [-0.3, -0.25) is 4.98 Å². The molecule has 0 spiro atoms. The lowest BCUT2D eigenvalue weighted by Crippen LogP contribution is -2.37. The van der Waals surface area contributed by atoms with Crippen molar-refractivity contribution in [2.24, 2.45) is 5.73 Å². The largest absolute Gasteiger partial charge is 0.371 e. The monoisotopic (exact) mass is 282 g/mol. The van der Waals surface area contributed by atoms with Crippen LogP contribution in [0.1, 0.15) is 17.0 Å². The van der Waals surface area contributed by atoms with Gasteiger partial charge in [0.05, 0.1) is 11.4 Å². The first-order chi connectivity index (χ1) is 10.1. The van der Waals surface area contributed by atoms with Crippen molar-refractivity contribution in [1.82, 2.24) is 4.98 Å². The predicted molar refractivity (Wildman–Crippen MR) is 88.3 cm³/mol. The van der Waals surface area contributed by atoms with Gasteiger partial charge in [0.25, 0.3) is 0 Å². The quantitative estimate of drug-likeness (QED) is 0.920. The number of hydrogen-bond donors (Lipinski definition) is 1. The van der Waals surface area contributed by atoms with Crippen LogP contribution in [0, 0.1) is 13.8 Å². The maximum Gasteiger partial charge on any atom is 0.0649 e. The topological polar surface area (TPSA) is 45.4 Å². The number of rotatable bonds is 2. The van der Waals surface area contributed by atoms with Gasteiger partial charge in [-0.25, -0.2) is 0 Å². The Morgan fingerprint density at radius 3 is 2.52 bits per heavy atom. The van der Waals surface area contributed by atoms with Crippen LogP contribution in [0.2, 0.25) is 0 Å². The first-order valence-electron chi connectivity index (χ1n) is 7.36. The fourth-order valence-corrected chi connectivity index (χ4v) is 3.08. The van der Waals surface area contributed by atoms with E-state index < -0.39 is 0 Å². The molecule has 1 aromatic heterocycles. The average molecular weight is 282 g/mol. The van der Waals surface area contributed by atoms with E-state index in [1.165, 1.54) is 17.1 Å². The number of hydrogen-bond acceptors (Lipinski definition) is 4. The summed E-state index contributed by atoms with van der Waals surface area (Å²) in [5.41, 5.74) is 12.9. The average Bonchev–Trinajstić information content (AvgIpc) is 2.47. The molecule has 4 nitrogen and oxygen atoms in total. The van der Waals surface area contributed by atoms with Crippen LogP contribution in [0.4, 0.5) is 17.1 Å². The fourth-order valence-electron chi connectivity index (χ4n) is 3.08. The summed E-state index contributed by atoms with van der Waals surface area (Å²) in [4.78, 5) is 9.23. The molecule has 2 heterocycles. The summed E-state index contributed by atoms with van der Waals surface area (Å²) in [6.07, 6.45) is 0. The number of likely N-dealkylation sites (N-methyl/N-ethyl adjacent to an activating group) is 1. The molecule has 21 heavy (non-hydrogen) atoms. The highest BCUT2D eigenvalue weighted by Gasteiger charge is 2.23. The normalized spacial score (nSPS) is 14.3. The molecular formula is C17H22N4. The van der Waals surface area contributed by atoms with Crippen LogP contribution in [0.3, 0.4) is 0 Å². The SMILES string of the molecule is Cc1cc(N2CCN(C)c3ccccc32)c(CN)c(C)n1. The summed E-state index contributed by atoms with van der Waals surface area (Å²) in [6.45, 7) is 6.56. The van der Waals surface area contributed by atoms with E-state index in [9.17, 15) is 0 Å². The lowest BCUT2D eigenvalue weighted by Gasteiger charge is -2.38. The van der Waals surface area contributed by atoms with E-state index in [1.807, 2.05) is 13.8 Å². The van der Waals surface area contributed by atoms with Crippen LogP contribution >= 0.6 is 0 Å². The first kappa shape index (κ1) is 13.9. The number of nitrogens with two attached hydrogens (primary N) is 1. The van der Waals surface area contributed by atoms with Gasteiger partial charge in [0, 0.05) is 49.3 Å². The predicted octanol–water partition coefficient (Wildman–Crippen LogP) is 2.75. The number of anilines is 3. The van der Waals surface area contributed by atoms with E-state index in [2.05, 4.69) is 52.2 Å². The Morgan fingerprint density at radius 1 is 1.10 bits per heavy atom. The Balaban J connectivity index is 2.16. The van der Waals surface area contributed by atoms with Crippen molar-refractivity contribution in [2.75, 3.05) is 29.9 Å². The molecule has 0 atom stereocenters. The van der Waals surface area contributed by atoms with Crippen LogP contribution in [0.5, 0.6) is 0 Å². The molecule has 4 heteroatoms. The van der Waals surface area contributed by atoms with Gasteiger partial charge in [-0.15, -0.1) is 0 Å². The molecule has 0 aliphatic carbocycles. The van der Waals surface area contributed by atoms with Crippen LogP contribution in [0.15, 0.2) is 30.3 Å². The van der Waals surface area contributed by atoms with E-state index in [1.54, 1.807) is 0 Å². The number of nitrogens with zero attached hydrogens (tertiary/aromatic N) is 3. The minimum absolute atomic E-state index is 0.517. The van der Waals surface area contributed by atoms with Gasteiger partial charge in [0.1, 0.15) is 0 Å². The molecule has 0 bridgehead atoms. The van der Waals surface area contributed by atoms with Crippen LogP contribution < -0.4 is 15.5 Å². The highest BCUT2D eigenvalue weighted by Crippen LogP contribution is 2.38. The summed E-state index contributed by atoms with van der Waals surface area (Å²) in [5.74, 6) is 0. The number of aryl methyl sites for hydroxylation is 2. The third-order valence-corrected chi connectivity index (χ3v) is 4.17. The third kappa shape index (κ3) is 2.36. The van der Waals surface area contributed by atoms with Crippen molar-refractivity contribution in [1.29, 1.82) is 0 Å². The van der Waals surface area contributed by atoms with E-state index in [0.29, 0.717) is 6.54 Å². The zero-order chi connectivity index (χ0) is 15.0. The minimum Gasteiger partial charge on any atom is -0.371 e. The summed E-state index contributed by atoms with van der Waals surface area (Å²) < 4.78 is 0. The van der Waals surface area contributed by atoms with E-state index >= 15 is 0 Å². The molecule has 1 aromatic carbocycles. The van der Waals surface area contributed by atoms with Crippen LogP contribution in [0.25, 0.3) is 0 Å². The Bertz CT molecular complexity index is 666. The van der Waals surface area contributed by atoms with E-state index in [-0.39, 0.29) is 0 Å². The van der Waals surface area contributed by atoms with Crippen molar-refractivity contribution in [3.05, 3.63) is 47.3 Å². The molecule has 110 valence electrons. The highest BCUT2D eigenvalue weighted by atomic mass is 15.3. The van der Waals surface area contributed by atoms with Gasteiger partial charge >= 0.3 is 0 Å². The highest BCUT2D eigenvalue weighted by molar-refractivity contribution is 5.80. The molecular weight excluding hydrogens is 260 g/mol. The van der Waals surface area contributed by atoms with Crippen molar-refractivity contribution in [3.8, 4) is 0 Å². The molecule has 0 saturated heterocycles. The van der Waals surface area contributed by atoms with E-state index in [4.69, 9.17) is 5.73 Å². The second-order valence-electron chi connectivity index (χ2n) is 5.61. The summed E-state index contributed by atoms with van der Waals surface area (Å²) >= 11 is 0. The maximum atomic E-state index is 5.98. The molecule has 0 radical (unpaired) electrons. The van der Waals surface area contributed by atoms with Crippen molar-refractivity contribution in [3.63, 3.8) is 0 Å². The van der Waals surface area contributed by atoms with Gasteiger partial charge in [-0.05, 0) is 32.0 Å². The van der Waals surface area contributed by atoms with E-state index in [0.717, 1.165) is 30.0 Å². The molecule has 2 N–H and O–H groups in total. The molecule has 0 amide bonds. The molecule has 1 aliphatic rings. The summed E-state index contributed by atoms with van der Waals surface area (Å²) in [7, 11) is 2.14. The second kappa shape index (κ2) is 5.37. The molecule has 0 unspecified atom stereocenters. The minimum atomic E-state index is 0.517. The smallest absolute Gasteiger partial charge is 0.0649 e. The zero-order valence-corrected chi connectivity index (χ0v) is 12.9. The van der Waals surface area contributed by atoms with Gasteiger partial charge in [0.2, 0.25) is 0 Å². The van der Waals surface area contributed by atoms with Crippen LogP contribution in [-0.4, -0.2) is 25.1 Å². The van der Waals surface area contributed by atoms with Gasteiger partial charge in [-0.1, -0.05) is 12.1 Å². The standard InChI is InChI=1S/C17H22N4/c1-12-10-17(14(11-18)13(2)19-12)21-9-8-20(3)15-6-4-5-7-16(15)21/h4-7,10H,8-9,11,18H2,1-3H3. The number of fused-ring (bicyclic) bond motifs is 1. The molecule has 3 rings (SSSR count). The zero-order valence-electron chi connectivity index (χ0n) is 12.9. The number of benzene rings is 1. The lowest BCUT2D eigenvalue weighted by molar-refractivity contribution is 0.813. The molecule has 0 saturated carbocycles. The Kier molecular flexibility index (Phi) is 3.55. The number of para-hydroxylation sites is 2. The Labute approximate surface area is 126 Å². The van der Waals surface area contributed by atoms with Gasteiger partial charge < -0.3 is 15.5 Å². The van der Waals surface area contributed by atoms with Gasteiger partial charge in [-0.2, -0.15) is 0 Å². The Hall–Kier alpha value is -2.07. The molecule has 2 aromatic rings. The Morgan fingerprint density at radius 2 is 1.81 bits per heavy atom. The number of aromatic nitrogens is 1. The van der Waals surface area contributed by atoms with Crippen LogP contribution in [-0.2, 0) is 6.54 Å². The lowest BCUT2D eigenvalue weighted by atomic mass is 10.1.